The van der Waals surface area contributed by atoms with Crippen molar-refractivity contribution in [3.63, 3.8) is 0 Å². The van der Waals surface area contributed by atoms with Crippen LogP contribution in [0.4, 0.5) is 4.39 Å². The quantitative estimate of drug-likeness (QED) is 0.570. The molecule has 4 aromatic rings. The SMILES string of the molecule is Cc1c(C(=O)N[C@@H]2CCc3c(-c4nn[nH]n4)cccc32)oc2ccc(F)cc12. The third-order valence-corrected chi connectivity index (χ3v) is 5.27. The summed E-state index contributed by atoms with van der Waals surface area (Å²) in [7, 11) is 0. The fourth-order valence-corrected chi connectivity index (χ4v) is 3.92. The summed E-state index contributed by atoms with van der Waals surface area (Å²) in [5, 5.41) is 17.9. The van der Waals surface area contributed by atoms with Gasteiger partial charge in [0.15, 0.2) is 5.76 Å². The Kier molecular flexibility index (Phi) is 3.71. The third-order valence-electron chi connectivity index (χ3n) is 5.27. The average molecular weight is 377 g/mol. The van der Waals surface area contributed by atoms with E-state index in [2.05, 4.69) is 25.9 Å². The number of rotatable bonds is 3. The van der Waals surface area contributed by atoms with Gasteiger partial charge in [-0.15, -0.1) is 10.2 Å². The number of aromatic nitrogens is 4. The first kappa shape index (κ1) is 16.6. The largest absolute Gasteiger partial charge is 0.451 e. The summed E-state index contributed by atoms with van der Waals surface area (Å²) in [5.74, 6) is 0.0846. The zero-order valence-corrected chi connectivity index (χ0v) is 15.0. The average Bonchev–Trinajstić information content (AvgIpc) is 3.42. The molecule has 28 heavy (non-hydrogen) atoms. The van der Waals surface area contributed by atoms with Crippen LogP contribution in [0.15, 0.2) is 40.8 Å². The van der Waals surface area contributed by atoms with Crippen LogP contribution >= 0.6 is 0 Å². The van der Waals surface area contributed by atoms with Gasteiger partial charge in [-0.3, -0.25) is 4.79 Å². The Labute approximate surface area is 158 Å². The second kappa shape index (κ2) is 6.26. The van der Waals surface area contributed by atoms with E-state index in [1.54, 1.807) is 6.92 Å². The van der Waals surface area contributed by atoms with Crippen molar-refractivity contribution in [1.82, 2.24) is 25.9 Å². The number of benzene rings is 2. The minimum Gasteiger partial charge on any atom is -0.451 e. The third kappa shape index (κ3) is 2.57. The summed E-state index contributed by atoms with van der Waals surface area (Å²) >= 11 is 0. The fraction of sp³-hybridized carbons (Fsp3) is 0.200. The van der Waals surface area contributed by atoms with Crippen LogP contribution in [0.2, 0.25) is 0 Å². The monoisotopic (exact) mass is 377 g/mol. The summed E-state index contributed by atoms with van der Waals surface area (Å²) in [5.41, 5.74) is 4.19. The Balaban J connectivity index is 1.45. The van der Waals surface area contributed by atoms with Crippen molar-refractivity contribution in [3.05, 3.63) is 64.7 Å². The van der Waals surface area contributed by atoms with Gasteiger partial charge < -0.3 is 9.73 Å². The number of nitrogens with one attached hydrogen (secondary N) is 2. The lowest BCUT2D eigenvalue weighted by Gasteiger charge is -2.14. The van der Waals surface area contributed by atoms with E-state index in [1.807, 2.05) is 18.2 Å². The first-order valence-electron chi connectivity index (χ1n) is 8.97. The molecule has 1 amide bonds. The van der Waals surface area contributed by atoms with Crippen molar-refractivity contribution in [3.8, 4) is 11.4 Å². The topological polar surface area (TPSA) is 96.7 Å². The smallest absolute Gasteiger partial charge is 0.287 e. The van der Waals surface area contributed by atoms with Gasteiger partial charge in [-0.1, -0.05) is 18.2 Å². The summed E-state index contributed by atoms with van der Waals surface area (Å²) < 4.78 is 19.2. The zero-order valence-electron chi connectivity index (χ0n) is 15.0. The fourth-order valence-electron chi connectivity index (χ4n) is 3.92. The Hall–Kier alpha value is -3.55. The molecule has 0 bridgehead atoms. The van der Waals surface area contributed by atoms with Gasteiger partial charge in [0.05, 0.1) is 6.04 Å². The number of carbonyl (C=O) groups excluding carboxylic acids is 1. The van der Waals surface area contributed by atoms with Crippen molar-refractivity contribution < 1.29 is 13.6 Å². The first-order valence-corrected chi connectivity index (χ1v) is 8.97. The molecule has 1 aliphatic rings. The summed E-state index contributed by atoms with van der Waals surface area (Å²) in [6, 6.07) is 9.97. The highest BCUT2D eigenvalue weighted by Gasteiger charge is 2.29. The number of carbonyl (C=O) groups is 1. The summed E-state index contributed by atoms with van der Waals surface area (Å²) in [6.45, 7) is 1.76. The highest BCUT2D eigenvalue weighted by Crippen LogP contribution is 2.37. The Bertz CT molecular complexity index is 1200. The molecule has 0 aliphatic heterocycles. The minimum absolute atomic E-state index is 0.140. The molecule has 0 fully saturated rings. The molecule has 2 aromatic carbocycles. The number of aromatic amines is 1. The van der Waals surface area contributed by atoms with Crippen molar-refractivity contribution in [2.45, 2.75) is 25.8 Å². The molecule has 2 aromatic heterocycles. The van der Waals surface area contributed by atoms with Crippen LogP contribution in [0, 0.1) is 12.7 Å². The summed E-state index contributed by atoms with van der Waals surface area (Å²) in [4.78, 5) is 12.9. The van der Waals surface area contributed by atoms with E-state index in [4.69, 9.17) is 4.42 Å². The normalized spacial score (nSPS) is 15.7. The molecule has 1 aliphatic carbocycles. The number of hydrogen-bond acceptors (Lipinski definition) is 5. The Morgan fingerprint density at radius 3 is 3.04 bits per heavy atom. The molecule has 8 heteroatoms. The molecule has 5 rings (SSSR count). The van der Waals surface area contributed by atoms with Crippen molar-refractivity contribution in [2.24, 2.45) is 0 Å². The molecule has 0 spiro atoms. The highest BCUT2D eigenvalue weighted by atomic mass is 19.1. The molecular weight excluding hydrogens is 361 g/mol. The van der Waals surface area contributed by atoms with Crippen LogP contribution in [0.25, 0.3) is 22.4 Å². The van der Waals surface area contributed by atoms with E-state index in [1.165, 1.54) is 18.2 Å². The number of fused-ring (bicyclic) bond motifs is 2. The molecule has 1 atom stereocenters. The van der Waals surface area contributed by atoms with Crippen LogP contribution in [-0.2, 0) is 6.42 Å². The predicted octanol–water partition coefficient (Wildman–Crippen LogP) is 3.48. The van der Waals surface area contributed by atoms with Gasteiger partial charge in [0.2, 0.25) is 5.82 Å². The van der Waals surface area contributed by atoms with E-state index >= 15 is 0 Å². The van der Waals surface area contributed by atoms with Crippen LogP contribution in [0.1, 0.15) is 39.7 Å². The highest BCUT2D eigenvalue weighted by molar-refractivity contribution is 5.99. The number of H-pyrrole nitrogens is 1. The van der Waals surface area contributed by atoms with Gasteiger partial charge in [-0.05, 0) is 54.3 Å². The van der Waals surface area contributed by atoms with E-state index < -0.39 is 0 Å². The first-order chi connectivity index (χ1) is 13.6. The molecular formula is C20H16FN5O2. The minimum atomic E-state index is -0.359. The van der Waals surface area contributed by atoms with Crippen LogP contribution < -0.4 is 5.32 Å². The number of aryl methyl sites for hydroxylation is 1. The maximum absolute atomic E-state index is 13.5. The van der Waals surface area contributed by atoms with Gasteiger partial charge in [0, 0.05) is 16.5 Å². The maximum Gasteiger partial charge on any atom is 0.287 e. The second-order valence-corrected chi connectivity index (χ2v) is 6.87. The van der Waals surface area contributed by atoms with Crippen molar-refractivity contribution >= 4 is 16.9 Å². The summed E-state index contributed by atoms with van der Waals surface area (Å²) in [6.07, 6.45) is 1.57. The van der Waals surface area contributed by atoms with Gasteiger partial charge in [0.25, 0.3) is 5.91 Å². The van der Waals surface area contributed by atoms with Gasteiger partial charge in [-0.25, -0.2) is 4.39 Å². The van der Waals surface area contributed by atoms with Crippen LogP contribution in [0.3, 0.4) is 0 Å². The van der Waals surface area contributed by atoms with E-state index in [9.17, 15) is 9.18 Å². The molecule has 2 heterocycles. The van der Waals surface area contributed by atoms with Gasteiger partial charge >= 0.3 is 0 Å². The molecule has 0 unspecified atom stereocenters. The number of tetrazole rings is 1. The van der Waals surface area contributed by atoms with E-state index in [0.29, 0.717) is 22.4 Å². The number of halogens is 1. The lowest BCUT2D eigenvalue weighted by molar-refractivity contribution is 0.0910. The Morgan fingerprint density at radius 1 is 1.32 bits per heavy atom. The number of nitrogens with zero attached hydrogens (tertiary/aromatic N) is 3. The van der Waals surface area contributed by atoms with E-state index in [0.717, 1.165) is 29.5 Å². The second-order valence-electron chi connectivity index (χ2n) is 6.87. The van der Waals surface area contributed by atoms with Crippen LogP contribution in [-0.4, -0.2) is 26.5 Å². The Morgan fingerprint density at radius 2 is 2.21 bits per heavy atom. The zero-order chi connectivity index (χ0) is 19.3. The number of hydrogen-bond donors (Lipinski definition) is 2. The van der Waals surface area contributed by atoms with Crippen LogP contribution in [0.5, 0.6) is 0 Å². The van der Waals surface area contributed by atoms with E-state index in [-0.39, 0.29) is 23.5 Å². The number of furan rings is 1. The standard InChI is InChI=1S/C20H16FN5O2/c1-10-15-9-11(21)5-8-17(15)28-18(10)20(27)22-16-7-6-12-13(16)3-2-4-14(12)19-23-25-26-24-19/h2-5,8-9,16H,6-7H2,1H3,(H,22,27)(H,23,24,25,26)/t16-/m1/s1. The van der Waals surface area contributed by atoms with Crippen molar-refractivity contribution in [1.29, 1.82) is 0 Å². The lowest BCUT2D eigenvalue weighted by atomic mass is 10.0. The molecule has 0 saturated heterocycles. The molecule has 0 radical (unpaired) electrons. The predicted molar refractivity (Wildman–Crippen MR) is 99.1 cm³/mol. The number of amides is 1. The van der Waals surface area contributed by atoms with Gasteiger partial charge in [-0.2, -0.15) is 5.21 Å². The van der Waals surface area contributed by atoms with Crippen molar-refractivity contribution in [2.75, 3.05) is 0 Å². The lowest BCUT2D eigenvalue weighted by Crippen LogP contribution is -2.27. The molecule has 140 valence electrons. The molecule has 7 nitrogen and oxygen atoms in total. The molecule has 0 saturated carbocycles. The van der Waals surface area contributed by atoms with Gasteiger partial charge in [0.1, 0.15) is 11.4 Å². The molecule has 2 N–H and O–H groups in total. The maximum atomic E-state index is 13.5.